The van der Waals surface area contributed by atoms with Crippen LogP contribution in [0.1, 0.15) is 31.4 Å². The highest BCUT2D eigenvalue weighted by atomic mass is 16.5. The van der Waals surface area contributed by atoms with Crippen LogP contribution in [0.15, 0.2) is 23.0 Å². The van der Waals surface area contributed by atoms with Crippen LogP contribution in [0.2, 0.25) is 0 Å². The zero-order valence-electron chi connectivity index (χ0n) is 8.53. The normalized spacial score (nSPS) is 27.8. The second-order valence-electron chi connectivity index (χ2n) is 3.70. The van der Waals surface area contributed by atoms with E-state index < -0.39 is 0 Å². The third kappa shape index (κ3) is 2.16. The summed E-state index contributed by atoms with van der Waals surface area (Å²) in [5, 5.41) is 3.47. The lowest BCUT2D eigenvalue weighted by molar-refractivity contribution is 0.000295. The van der Waals surface area contributed by atoms with E-state index >= 15 is 0 Å². The van der Waals surface area contributed by atoms with E-state index in [1.807, 2.05) is 6.07 Å². The molecule has 0 aromatic carbocycles. The molecule has 1 fully saturated rings. The van der Waals surface area contributed by atoms with Crippen molar-refractivity contribution < 1.29 is 9.15 Å². The molecule has 1 aliphatic rings. The first-order valence-corrected chi connectivity index (χ1v) is 5.27. The van der Waals surface area contributed by atoms with Crippen LogP contribution < -0.4 is 5.32 Å². The van der Waals surface area contributed by atoms with E-state index in [9.17, 15) is 0 Å². The number of rotatable bonds is 3. The second-order valence-corrected chi connectivity index (χ2v) is 3.70. The van der Waals surface area contributed by atoms with Gasteiger partial charge in [0.2, 0.25) is 0 Å². The summed E-state index contributed by atoms with van der Waals surface area (Å²) in [6.07, 6.45) is 5.86. The first-order valence-electron chi connectivity index (χ1n) is 5.27. The fourth-order valence-corrected chi connectivity index (χ4v) is 1.96. The molecule has 2 heterocycles. The van der Waals surface area contributed by atoms with E-state index in [-0.39, 0.29) is 6.10 Å². The highest BCUT2D eigenvalue weighted by Gasteiger charge is 2.23. The molecule has 0 bridgehead atoms. The van der Waals surface area contributed by atoms with Crippen LogP contribution in [0.4, 0.5) is 0 Å². The van der Waals surface area contributed by atoms with Crippen LogP contribution in [0.5, 0.6) is 0 Å². The van der Waals surface area contributed by atoms with Crippen molar-refractivity contribution in [1.82, 2.24) is 5.32 Å². The quantitative estimate of drug-likeness (QED) is 0.802. The lowest BCUT2D eigenvalue weighted by Gasteiger charge is -2.29. The van der Waals surface area contributed by atoms with Crippen LogP contribution in [0, 0.1) is 0 Å². The monoisotopic (exact) mass is 195 g/mol. The molecule has 3 nitrogen and oxygen atoms in total. The summed E-state index contributed by atoms with van der Waals surface area (Å²) >= 11 is 0. The van der Waals surface area contributed by atoms with Gasteiger partial charge >= 0.3 is 0 Å². The minimum absolute atomic E-state index is 0.214. The molecule has 0 radical (unpaired) electrons. The molecule has 0 amide bonds. The summed E-state index contributed by atoms with van der Waals surface area (Å²) in [6.45, 7) is 4.01. The third-order valence-corrected chi connectivity index (χ3v) is 2.69. The molecule has 0 saturated carbocycles. The van der Waals surface area contributed by atoms with Crippen LogP contribution in [0.3, 0.4) is 0 Å². The predicted octanol–water partition coefficient (Wildman–Crippen LogP) is 2.11. The van der Waals surface area contributed by atoms with Gasteiger partial charge in [0.15, 0.2) is 0 Å². The molecular formula is C11H17NO2. The molecule has 1 N–H and O–H groups in total. The number of nitrogens with one attached hydrogen (secondary N) is 1. The summed E-state index contributed by atoms with van der Waals surface area (Å²) in [4.78, 5) is 0. The Balaban J connectivity index is 1.94. The van der Waals surface area contributed by atoms with E-state index in [4.69, 9.17) is 9.15 Å². The Bertz CT molecular complexity index is 256. The first kappa shape index (κ1) is 9.74. The van der Waals surface area contributed by atoms with Gasteiger partial charge in [0.25, 0.3) is 0 Å². The predicted molar refractivity (Wildman–Crippen MR) is 54.1 cm³/mol. The maximum Gasteiger partial charge on any atom is 0.0960 e. The van der Waals surface area contributed by atoms with Crippen molar-refractivity contribution >= 4 is 0 Å². The van der Waals surface area contributed by atoms with Crippen molar-refractivity contribution in [2.24, 2.45) is 0 Å². The Hall–Kier alpha value is -0.800. The van der Waals surface area contributed by atoms with Crippen molar-refractivity contribution in [3.05, 3.63) is 24.2 Å². The molecule has 1 aromatic heterocycles. The smallest absolute Gasteiger partial charge is 0.0960 e. The zero-order valence-corrected chi connectivity index (χ0v) is 8.53. The third-order valence-electron chi connectivity index (χ3n) is 2.69. The molecule has 1 saturated heterocycles. The van der Waals surface area contributed by atoms with Gasteiger partial charge < -0.3 is 14.5 Å². The average molecular weight is 195 g/mol. The van der Waals surface area contributed by atoms with Gasteiger partial charge in [-0.05, 0) is 25.5 Å². The maximum atomic E-state index is 5.70. The minimum Gasteiger partial charge on any atom is -0.472 e. The van der Waals surface area contributed by atoms with Gasteiger partial charge in [-0.3, -0.25) is 0 Å². The van der Waals surface area contributed by atoms with E-state index in [0.717, 1.165) is 31.6 Å². The van der Waals surface area contributed by atoms with E-state index in [0.29, 0.717) is 6.04 Å². The van der Waals surface area contributed by atoms with Crippen molar-refractivity contribution in [2.75, 3.05) is 13.2 Å². The van der Waals surface area contributed by atoms with Crippen molar-refractivity contribution in [1.29, 1.82) is 0 Å². The molecule has 78 valence electrons. The van der Waals surface area contributed by atoms with Gasteiger partial charge in [0.1, 0.15) is 0 Å². The second kappa shape index (κ2) is 4.62. The fraction of sp³-hybridized carbons (Fsp3) is 0.636. The van der Waals surface area contributed by atoms with Gasteiger partial charge in [-0.15, -0.1) is 0 Å². The Morgan fingerprint density at radius 1 is 1.57 bits per heavy atom. The van der Waals surface area contributed by atoms with Crippen LogP contribution in [0.25, 0.3) is 0 Å². The maximum absolute atomic E-state index is 5.70. The molecule has 2 unspecified atom stereocenters. The lowest BCUT2D eigenvalue weighted by Crippen LogP contribution is -2.35. The first-order chi connectivity index (χ1) is 6.90. The number of hydrogen-bond acceptors (Lipinski definition) is 3. The molecule has 1 aromatic rings. The largest absolute Gasteiger partial charge is 0.472 e. The Kier molecular flexibility index (Phi) is 3.22. The summed E-state index contributed by atoms with van der Waals surface area (Å²) in [6, 6.07) is 2.58. The number of furan rings is 1. The zero-order chi connectivity index (χ0) is 9.80. The molecule has 0 aliphatic carbocycles. The Morgan fingerprint density at radius 2 is 2.50 bits per heavy atom. The molecule has 1 aliphatic heterocycles. The molecular weight excluding hydrogens is 178 g/mol. The average Bonchev–Trinajstić information content (AvgIpc) is 2.71. The molecule has 2 atom stereocenters. The highest BCUT2D eigenvalue weighted by Crippen LogP contribution is 2.28. The lowest BCUT2D eigenvalue weighted by atomic mass is 9.99. The van der Waals surface area contributed by atoms with Gasteiger partial charge in [-0.1, -0.05) is 6.92 Å². The van der Waals surface area contributed by atoms with E-state index in [1.54, 1.807) is 12.5 Å². The molecule has 2 rings (SSSR count). The summed E-state index contributed by atoms with van der Waals surface area (Å²) < 4.78 is 10.8. The summed E-state index contributed by atoms with van der Waals surface area (Å²) in [7, 11) is 0. The van der Waals surface area contributed by atoms with Crippen molar-refractivity contribution in [3.8, 4) is 0 Å². The Labute approximate surface area is 84.4 Å². The standard InChI is InChI=1S/C11H17NO2/c1-2-12-10-4-6-14-11(7-10)9-3-5-13-8-9/h3,5,8,10-12H,2,4,6-7H2,1H3. The van der Waals surface area contributed by atoms with E-state index in [2.05, 4.69) is 12.2 Å². The fourth-order valence-electron chi connectivity index (χ4n) is 1.96. The van der Waals surface area contributed by atoms with Crippen LogP contribution >= 0.6 is 0 Å². The SMILES string of the molecule is CCNC1CCOC(c2ccoc2)C1. The Morgan fingerprint density at radius 3 is 3.21 bits per heavy atom. The number of ether oxygens (including phenoxy) is 1. The van der Waals surface area contributed by atoms with Crippen molar-refractivity contribution in [2.45, 2.75) is 31.9 Å². The van der Waals surface area contributed by atoms with Gasteiger partial charge in [0.05, 0.1) is 18.6 Å². The van der Waals surface area contributed by atoms with Crippen LogP contribution in [-0.2, 0) is 4.74 Å². The van der Waals surface area contributed by atoms with Gasteiger partial charge in [-0.2, -0.15) is 0 Å². The number of hydrogen-bond donors (Lipinski definition) is 1. The van der Waals surface area contributed by atoms with Gasteiger partial charge in [0, 0.05) is 18.2 Å². The highest BCUT2D eigenvalue weighted by molar-refractivity contribution is 5.10. The van der Waals surface area contributed by atoms with Crippen molar-refractivity contribution in [3.63, 3.8) is 0 Å². The summed E-state index contributed by atoms with van der Waals surface area (Å²) in [5.41, 5.74) is 1.16. The molecule has 14 heavy (non-hydrogen) atoms. The minimum atomic E-state index is 0.214. The molecule has 0 spiro atoms. The molecule has 3 heteroatoms. The summed E-state index contributed by atoms with van der Waals surface area (Å²) in [5.74, 6) is 0. The van der Waals surface area contributed by atoms with Gasteiger partial charge in [-0.25, -0.2) is 0 Å². The topological polar surface area (TPSA) is 34.4 Å². The van der Waals surface area contributed by atoms with E-state index in [1.165, 1.54) is 0 Å². The van der Waals surface area contributed by atoms with Crippen LogP contribution in [-0.4, -0.2) is 19.2 Å².